The lowest BCUT2D eigenvalue weighted by Gasteiger charge is -2.16. The minimum absolute atomic E-state index is 0.0751. The molecule has 4 heterocycles. The molecule has 1 aliphatic heterocycles. The first-order valence-corrected chi connectivity index (χ1v) is 10.9. The van der Waals surface area contributed by atoms with E-state index >= 15 is 0 Å². The van der Waals surface area contributed by atoms with E-state index in [4.69, 9.17) is 9.47 Å². The molecule has 0 saturated carbocycles. The number of hydrogen-bond donors (Lipinski definition) is 3. The van der Waals surface area contributed by atoms with Crippen LogP contribution in [-0.2, 0) is 27.0 Å². The van der Waals surface area contributed by atoms with Gasteiger partial charge in [-0.25, -0.2) is 18.7 Å². The van der Waals surface area contributed by atoms with E-state index in [-0.39, 0.29) is 35.4 Å². The van der Waals surface area contributed by atoms with Gasteiger partial charge in [0.25, 0.3) is 0 Å². The van der Waals surface area contributed by atoms with Crippen LogP contribution in [0.5, 0.6) is 0 Å². The molecule has 0 unspecified atom stereocenters. The summed E-state index contributed by atoms with van der Waals surface area (Å²) in [4.78, 5) is 15.3. The molecule has 11 nitrogen and oxygen atoms in total. The maximum absolute atomic E-state index is 14.9. The average Bonchev–Trinajstić information content (AvgIpc) is 3.50. The summed E-state index contributed by atoms with van der Waals surface area (Å²) in [6.07, 6.45) is -14.4. The summed E-state index contributed by atoms with van der Waals surface area (Å²) in [7, 11) is 0. The fourth-order valence-corrected chi connectivity index (χ4v) is 3.51. The molecule has 208 valence electrons. The number of ether oxygens (including phenoxy) is 3. The van der Waals surface area contributed by atoms with Crippen molar-refractivity contribution in [1.82, 2.24) is 30.1 Å². The molecule has 0 aliphatic carbocycles. The van der Waals surface area contributed by atoms with E-state index < -0.39 is 55.1 Å². The Bertz CT molecular complexity index is 1290. The monoisotopic (exact) mass is 555 g/mol. The topological polar surface area (TPSA) is 128 Å². The highest BCUT2D eigenvalue weighted by Crippen LogP contribution is 2.35. The first-order valence-electron chi connectivity index (χ1n) is 10.9. The molecule has 1 amide bonds. The lowest BCUT2D eigenvalue weighted by molar-refractivity contribution is -0.330. The third-order valence-electron chi connectivity index (χ3n) is 5.08. The van der Waals surface area contributed by atoms with E-state index in [1.165, 1.54) is 6.07 Å². The Kier molecular flexibility index (Phi) is 7.37. The van der Waals surface area contributed by atoms with Crippen molar-refractivity contribution in [2.75, 3.05) is 11.9 Å². The summed E-state index contributed by atoms with van der Waals surface area (Å²) in [5.41, 5.74) is -1.75. The van der Waals surface area contributed by atoms with Crippen molar-refractivity contribution in [2.24, 2.45) is 0 Å². The van der Waals surface area contributed by atoms with Crippen LogP contribution in [0, 0.1) is 0 Å². The summed E-state index contributed by atoms with van der Waals surface area (Å²) >= 11 is 0. The maximum atomic E-state index is 14.9. The van der Waals surface area contributed by atoms with Crippen LogP contribution in [0.15, 0.2) is 18.3 Å². The first kappa shape index (κ1) is 27.4. The molecule has 0 radical (unpaired) electrons. The summed E-state index contributed by atoms with van der Waals surface area (Å²) in [5.74, 6) is -0.555. The molecular formula is C20H20F7N7O4. The molecule has 4 rings (SSSR count). The number of carbonyl (C=O) groups is 1. The number of carbonyl (C=O) groups excluding carboxylic acids is 1. The van der Waals surface area contributed by atoms with Crippen LogP contribution in [0.4, 0.5) is 47.2 Å². The number of nitrogens with one attached hydrogen (secondary N) is 3. The Balaban J connectivity index is 1.54. The Hall–Kier alpha value is -3.67. The van der Waals surface area contributed by atoms with Crippen LogP contribution in [0.25, 0.3) is 5.52 Å². The standard InChI is InChI=1S/C20H20F7N7O4/c1-8(2)28-18(35)38-12-7-36-16(15(12)21)10-4-14(32-31-10)30-17-11-3-9(6-37-20(25,26)27)33-34(11)5-13(29-17)19(22,23)24/h3-5,8,12,15-16H,6-7H2,1-2H3,(H,28,35)(H2,29,30,31,32)/t12-,15+,16-/m1/s1. The van der Waals surface area contributed by atoms with Gasteiger partial charge < -0.3 is 20.1 Å². The van der Waals surface area contributed by atoms with Crippen LogP contribution in [-0.4, -0.2) is 62.2 Å². The van der Waals surface area contributed by atoms with Crippen molar-refractivity contribution >= 4 is 23.2 Å². The van der Waals surface area contributed by atoms with Crippen LogP contribution < -0.4 is 10.6 Å². The zero-order valence-electron chi connectivity index (χ0n) is 19.5. The Morgan fingerprint density at radius 2 is 2.00 bits per heavy atom. The minimum Gasteiger partial charge on any atom is -0.441 e. The molecule has 0 spiro atoms. The van der Waals surface area contributed by atoms with Gasteiger partial charge in [-0.3, -0.25) is 9.84 Å². The smallest absolute Gasteiger partial charge is 0.441 e. The number of H-pyrrole nitrogens is 1. The van der Waals surface area contributed by atoms with Crippen molar-refractivity contribution in [2.45, 2.75) is 57.4 Å². The zero-order valence-corrected chi connectivity index (χ0v) is 19.5. The normalized spacial score (nSPS) is 20.3. The van der Waals surface area contributed by atoms with E-state index in [2.05, 4.69) is 35.7 Å². The summed E-state index contributed by atoms with van der Waals surface area (Å²) < 4.78 is 107. The number of halogens is 7. The van der Waals surface area contributed by atoms with Gasteiger partial charge in [0, 0.05) is 12.1 Å². The van der Waals surface area contributed by atoms with Crippen LogP contribution in [0.2, 0.25) is 0 Å². The van der Waals surface area contributed by atoms with Gasteiger partial charge in [0.15, 0.2) is 29.6 Å². The van der Waals surface area contributed by atoms with Crippen molar-refractivity contribution < 1.29 is 49.7 Å². The highest BCUT2D eigenvalue weighted by atomic mass is 19.4. The van der Waals surface area contributed by atoms with Crippen molar-refractivity contribution in [3.05, 3.63) is 35.4 Å². The fourth-order valence-electron chi connectivity index (χ4n) is 3.51. The number of rotatable bonds is 7. The van der Waals surface area contributed by atoms with Gasteiger partial charge in [-0.2, -0.15) is 23.4 Å². The van der Waals surface area contributed by atoms with E-state index in [0.717, 1.165) is 6.07 Å². The molecule has 1 fully saturated rings. The van der Waals surface area contributed by atoms with Gasteiger partial charge in [0.1, 0.15) is 18.2 Å². The molecule has 3 N–H and O–H groups in total. The molecule has 18 heteroatoms. The Morgan fingerprint density at radius 1 is 1.26 bits per heavy atom. The predicted octanol–water partition coefficient (Wildman–Crippen LogP) is 4.16. The van der Waals surface area contributed by atoms with Crippen LogP contribution in [0.3, 0.4) is 0 Å². The van der Waals surface area contributed by atoms with Gasteiger partial charge in [-0.15, -0.1) is 13.2 Å². The summed E-state index contributed by atoms with van der Waals surface area (Å²) in [5, 5.41) is 15.0. The van der Waals surface area contributed by atoms with Crippen molar-refractivity contribution in [3.8, 4) is 0 Å². The minimum atomic E-state index is -4.98. The number of aromatic amines is 1. The lowest BCUT2D eigenvalue weighted by Crippen LogP contribution is -2.36. The number of aromatic nitrogens is 5. The first-order chi connectivity index (χ1) is 17.7. The highest BCUT2D eigenvalue weighted by molar-refractivity contribution is 5.72. The molecule has 3 aromatic heterocycles. The SMILES string of the molecule is CC(C)NC(=O)O[C@@H]1CO[C@H](c2cc(Nc3nc(C(F)(F)F)cn4nc(COC(F)(F)F)cc34)n[nH]2)[C@H]1F. The van der Waals surface area contributed by atoms with E-state index in [1.54, 1.807) is 13.8 Å². The number of hydrogen-bond acceptors (Lipinski definition) is 8. The third kappa shape index (κ3) is 6.42. The maximum Gasteiger partial charge on any atom is 0.522 e. The van der Waals surface area contributed by atoms with Gasteiger partial charge >= 0.3 is 18.6 Å². The molecule has 0 bridgehead atoms. The van der Waals surface area contributed by atoms with Gasteiger partial charge in [-0.05, 0) is 19.9 Å². The molecule has 38 heavy (non-hydrogen) atoms. The second-order valence-corrected chi connectivity index (χ2v) is 8.45. The quantitative estimate of drug-likeness (QED) is 0.371. The second-order valence-electron chi connectivity index (χ2n) is 8.45. The highest BCUT2D eigenvalue weighted by Gasteiger charge is 2.42. The van der Waals surface area contributed by atoms with Crippen LogP contribution >= 0.6 is 0 Å². The number of alkyl carbamates (subject to hydrolysis) is 1. The number of anilines is 2. The van der Waals surface area contributed by atoms with Gasteiger partial charge in [0.2, 0.25) is 0 Å². The van der Waals surface area contributed by atoms with Gasteiger partial charge in [-0.1, -0.05) is 0 Å². The summed E-state index contributed by atoms with van der Waals surface area (Å²) in [6.45, 7) is 2.08. The van der Waals surface area contributed by atoms with Crippen molar-refractivity contribution in [1.29, 1.82) is 0 Å². The predicted molar refractivity (Wildman–Crippen MR) is 113 cm³/mol. The van der Waals surface area contributed by atoms with Crippen molar-refractivity contribution in [3.63, 3.8) is 0 Å². The average molecular weight is 555 g/mol. The number of amides is 1. The van der Waals surface area contributed by atoms with E-state index in [9.17, 15) is 35.5 Å². The third-order valence-corrected chi connectivity index (χ3v) is 5.08. The molecule has 1 saturated heterocycles. The Labute approximate surface area is 208 Å². The number of fused-ring (bicyclic) bond motifs is 1. The molecule has 3 aromatic rings. The largest absolute Gasteiger partial charge is 0.522 e. The molecule has 1 aliphatic rings. The van der Waals surface area contributed by atoms with E-state index in [1.807, 2.05) is 0 Å². The van der Waals surface area contributed by atoms with Gasteiger partial charge in [0.05, 0.1) is 24.2 Å². The van der Waals surface area contributed by atoms with E-state index in [0.29, 0.717) is 10.7 Å². The molecule has 0 aromatic carbocycles. The second kappa shape index (κ2) is 10.2. The molecular weight excluding hydrogens is 535 g/mol. The zero-order chi connectivity index (χ0) is 27.8. The fraction of sp³-hybridized carbons (Fsp3) is 0.500. The number of nitrogens with zero attached hydrogens (tertiary/aromatic N) is 4. The molecule has 3 atom stereocenters. The Morgan fingerprint density at radius 3 is 2.66 bits per heavy atom. The van der Waals surface area contributed by atoms with Crippen LogP contribution in [0.1, 0.15) is 37.0 Å². The summed E-state index contributed by atoms with van der Waals surface area (Å²) in [6, 6.07) is 2.05. The number of alkyl halides is 7. The lowest BCUT2D eigenvalue weighted by atomic mass is 10.1.